The Hall–Kier alpha value is -2.51. The Bertz CT molecular complexity index is 738. The van der Waals surface area contributed by atoms with Gasteiger partial charge in [0.25, 0.3) is 5.69 Å². The van der Waals surface area contributed by atoms with Crippen LogP contribution in [0.4, 0.5) is 5.69 Å². The Labute approximate surface area is 157 Å². The molecule has 0 aliphatic carbocycles. The topological polar surface area (TPSA) is 75.5 Å². The molecule has 0 aliphatic heterocycles. The Morgan fingerprint density at radius 1 is 1.27 bits per heavy atom. The molecule has 2 rings (SSSR count). The van der Waals surface area contributed by atoms with E-state index in [1.807, 2.05) is 5.38 Å². The zero-order chi connectivity index (χ0) is 18.9. The maximum Gasteiger partial charge on any atom is 0.269 e. The van der Waals surface area contributed by atoms with Crippen molar-refractivity contribution in [1.82, 2.24) is 10.2 Å². The number of non-ortho nitro benzene ring substituents is 1. The SMILES string of the molecule is CCN(CC)C(CNC(=O)/C=C/c1ccc([N+](=O)[O-])cc1)c1ccsc1. The highest BCUT2D eigenvalue weighted by Gasteiger charge is 2.18. The molecule has 1 heterocycles. The molecule has 0 bridgehead atoms. The zero-order valence-corrected chi connectivity index (χ0v) is 15.7. The van der Waals surface area contributed by atoms with Gasteiger partial charge in [-0.25, -0.2) is 0 Å². The third-order valence-electron chi connectivity index (χ3n) is 4.18. The molecule has 0 radical (unpaired) electrons. The summed E-state index contributed by atoms with van der Waals surface area (Å²) in [5.74, 6) is -0.185. The molecule has 7 heteroatoms. The van der Waals surface area contributed by atoms with Gasteiger partial charge in [-0.3, -0.25) is 19.8 Å². The lowest BCUT2D eigenvalue weighted by Crippen LogP contribution is -2.37. The van der Waals surface area contributed by atoms with Crippen LogP contribution in [0, 0.1) is 10.1 Å². The highest BCUT2D eigenvalue weighted by molar-refractivity contribution is 7.07. The van der Waals surface area contributed by atoms with E-state index in [-0.39, 0.29) is 17.6 Å². The molecule has 1 N–H and O–H groups in total. The van der Waals surface area contributed by atoms with E-state index < -0.39 is 4.92 Å². The number of hydrogen-bond donors (Lipinski definition) is 1. The average Bonchev–Trinajstić information content (AvgIpc) is 3.18. The number of likely N-dealkylation sites (N-methyl/N-ethyl adjacent to an activating group) is 1. The summed E-state index contributed by atoms with van der Waals surface area (Å²) in [5.41, 5.74) is 1.98. The molecule has 138 valence electrons. The number of carbonyl (C=O) groups is 1. The largest absolute Gasteiger partial charge is 0.351 e. The van der Waals surface area contributed by atoms with Gasteiger partial charge in [0.1, 0.15) is 0 Å². The van der Waals surface area contributed by atoms with Crippen molar-refractivity contribution in [2.24, 2.45) is 0 Å². The third-order valence-corrected chi connectivity index (χ3v) is 4.88. The Morgan fingerprint density at radius 3 is 2.50 bits per heavy atom. The minimum Gasteiger partial charge on any atom is -0.351 e. The van der Waals surface area contributed by atoms with E-state index in [1.54, 1.807) is 29.5 Å². The number of hydrogen-bond acceptors (Lipinski definition) is 5. The summed E-state index contributed by atoms with van der Waals surface area (Å²) < 4.78 is 0. The highest BCUT2D eigenvalue weighted by Crippen LogP contribution is 2.22. The summed E-state index contributed by atoms with van der Waals surface area (Å²) in [6.07, 6.45) is 3.10. The summed E-state index contributed by atoms with van der Waals surface area (Å²) in [5, 5.41) is 17.8. The van der Waals surface area contributed by atoms with Crippen molar-refractivity contribution < 1.29 is 9.72 Å². The summed E-state index contributed by atoms with van der Waals surface area (Å²) in [7, 11) is 0. The first-order valence-corrected chi connectivity index (χ1v) is 9.46. The maximum atomic E-state index is 12.1. The second-order valence-electron chi connectivity index (χ2n) is 5.72. The first kappa shape index (κ1) is 19.8. The van der Waals surface area contributed by atoms with Crippen molar-refractivity contribution in [3.63, 3.8) is 0 Å². The standard InChI is InChI=1S/C19H23N3O3S/c1-3-21(4-2)18(16-11-12-26-14-16)13-20-19(23)10-7-15-5-8-17(9-6-15)22(24)25/h5-12,14,18H,3-4,13H2,1-2H3,(H,20,23)/b10-7+. The lowest BCUT2D eigenvalue weighted by atomic mass is 10.1. The molecule has 0 saturated carbocycles. The van der Waals surface area contributed by atoms with Gasteiger partial charge in [0.15, 0.2) is 0 Å². The number of nitrogens with one attached hydrogen (secondary N) is 1. The van der Waals surface area contributed by atoms with Crippen molar-refractivity contribution in [3.8, 4) is 0 Å². The monoisotopic (exact) mass is 373 g/mol. The van der Waals surface area contributed by atoms with Crippen LogP contribution in [0.3, 0.4) is 0 Å². The molecule has 2 aromatic rings. The van der Waals surface area contributed by atoms with Crippen LogP contribution in [0.1, 0.15) is 31.0 Å². The van der Waals surface area contributed by atoms with Crippen LogP contribution >= 0.6 is 11.3 Å². The van der Waals surface area contributed by atoms with Crippen LogP contribution in [0.15, 0.2) is 47.2 Å². The molecule has 6 nitrogen and oxygen atoms in total. The van der Waals surface area contributed by atoms with Gasteiger partial charge in [-0.2, -0.15) is 11.3 Å². The van der Waals surface area contributed by atoms with Crippen LogP contribution in [-0.2, 0) is 4.79 Å². The molecular formula is C19H23N3O3S. The van der Waals surface area contributed by atoms with E-state index in [4.69, 9.17) is 0 Å². The number of carbonyl (C=O) groups excluding carboxylic acids is 1. The summed E-state index contributed by atoms with van der Waals surface area (Å²) >= 11 is 1.65. The van der Waals surface area contributed by atoms with Crippen LogP contribution in [0.5, 0.6) is 0 Å². The van der Waals surface area contributed by atoms with E-state index in [0.717, 1.165) is 18.7 Å². The van der Waals surface area contributed by atoms with E-state index >= 15 is 0 Å². The van der Waals surface area contributed by atoms with Gasteiger partial charge >= 0.3 is 0 Å². The minimum atomic E-state index is -0.446. The summed E-state index contributed by atoms with van der Waals surface area (Å²) in [4.78, 5) is 24.7. The third kappa shape index (κ3) is 5.50. The number of amides is 1. The fraction of sp³-hybridized carbons (Fsp3) is 0.316. The second kappa shape index (κ2) is 9.84. The van der Waals surface area contributed by atoms with Gasteiger partial charge in [-0.15, -0.1) is 0 Å². The maximum absolute atomic E-state index is 12.1. The van der Waals surface area contributed by atoms with Gasteiger partial charge in [-0.05, 0) is 59.3 Å². The molecule has 1 aromatic carbocycles. The highest BCUT2D eigenvalue weighted by atomic mass is 32.1. The van der Waals surface area contributed by atoms with Crippen LogP contribution in [-0.4, -0.2) is 35.4 Å². The number of nitrogens with zero attached hydrogens (tertiary/aromatic N) is 2. The number of thiophene rings is 1. The first-order chi connectivity index (χ1) is 12.5. The Morgan fingerprint density at radius 2 is 1.96 bits per heavy atom. The molecule has 0 spiro atoms. The molecule has 0 saturated heterocycles. The summed E-state index contributed by atoms with van der Waals surface area (Å²) in [6, 6.07) is 8.31. The quantitative estimate of drug-likeness (QED) is 0.411. The van der Waals surface area contributed by atoms with E-state index in [2.05, 4.69) is 35.5 Å². The van der Waals surface area contributed by atoms with Gasteiger partial charge < -0.3 is 5.32 Å². The number of nitro benzene ring substituents is 1. The van der Waals surface area contributed by atoms with Crippen molar-refractivity contribution in [1.29, 1.82) is 0 Å². The first-order valence-electron chi connectivity index (χ1n) is 8.51. The normalized spacial score (nSPS) is 12.4. The van der Waals surface area contributed by atoms with Crippen LogP contribution < -0.4 is 5.32 Å². The fourth-order valence-electron chi connectivity index (χ4n) is 2.72. The lowest BCUT2D eigenvalue weighted by molar-refractivity contribution is -0.384. The predicted molar refractivity (Wildman–Crippen MR) is 105 cm³/mol. The van der Waals surface area contributed by atoms with E-state index in [0.29, 0.717) is 6.54 Å². The molecule has 26 heavy (non-hydrogen) atoms. The zero-order valence-electron chi connectivity index (χ0n) is 14.9. The average molecular weight is 373 g/mol. The van der Waals surface area contributed by atoms with Gasteiger partial charge in [0, 0.05) is 24.8 Å². The smallest absolute Gasteiger partial charge is 0.269 e. The van der Waals surface area contributed by atoms with Crippen molar-refractivity contribution in [2.75, 3.05) is 19.6 Å². The van der Waals surface area contributed by atoms with Crippen molar-refractivity contribution >= 4 is 29.0 Å². The second-order valence-corrected chi connectivity index (χ2v) is 6.50. The van der Waals surface area contributed by atoms with Crippen LogP contribution in [0.2, 0.25) is 0 Å². The van der Waals surface area contributed by atoms with Crippen molar-refractivity contribution in [2.45, 2.75) is 19.9 Å². The Balaban J connectivity index is 1.96. The number of rotatable bonds is 9. The van der Waals surface area contributed by atoms with Gasteiger partial charge in [0.2, 0.25) is 5.91 Å². The molecule has 1 amide bonds. The van der Waals surface area contributed by atoms with E-state index in [1.165, 1.54) is 23.8 Å². The fourth-order valence-corrected chi connectivity index (χ4v) is 3.43. The molecule has 1 atom stereocenters. The van der Waals surface area contributed by atoms with Crippen molar-refractivity contribution in [3.05, 3.63) is 68.4 Å². The van der Waals surface area contributed by atoms with Gasteiger partial charge in [0.05, 0.1) is 11.0 Å². The molecular weight excluding hydrogens is 350 g/mol. The molecule has 1 aromatic heterocycles. The van der Waals surface area contributed by atoms with Crippen LogP contribution in [0.25, 0.3) is 6.08 Å². The number of nitro groups is 1. The summed E-state index contributed by atoms with van der Waals surface area (Å²) in [6.45, 7) is 6.57. The molecule has 0 aliphatic rings. The predicted octanol–water partition coefficient (Wildman–Crippen LogP) is 3.87. The lowest BCUT2D eigenvalue weighted by Gasteiger charge is -2.29. The van der Waals surface area contributed by atoms with Gasteiger partial charge in [-0.1, -0.05) is 13.8 Å². The number of benzene rings is 1. The Kier molecular flexibility index (Phi) is 7.50. The molecule has 0 fully saturated rings. The van der Waals surface area contributed by atoms with E-state index in [9.17, 15) is 14.9 Å². The minimum absolute atomic E-state index is 0.0319. The molecule has 1 unspecified atom stereocenters.